The Bertz CT molecular complexity index is 1040. The molecule has 0 aliphatic heterocycles. The number of rotatable bonds is 5. The summed E-state index contributed by atoms with van der Waals surface area (Å²) in [4.78, 5) is 25.5. The molecule has 3 rings (SSSR count). The van der Waals surface area contributed by atoms with E-state index in [1.54, 1.807) is 37.3 Å². The number of phenols is 1. The largest absolute Gasteiger partial charge is 0.508 e. The normalized spacial score (nSPS) is 12.1. The summed E-state index contributed by atoms with van der Waals surface area (Å²) in [6.07, 6.45) is 1.15. The second kappa shape index (κ2) is 8.07. The Hall–Kier alpha value is -2.79. The molecule has 1 unspecified atom stereocenters. The number of hydrogen-bond acceptors (Lipinski definition) is 4. The summed E-state index contributed by atoms with van der Waals surface area (Å²) < 4.78 is 7.12. The molecule has 0 aliphatic rings. The molecule has 0 radical (unpaired) electrons. The maximum absolute atomic E-state index is 13.1. The fraction of sp³-hybridized carbons (Fsp3) is 0.273. The summed E-state index contributed by atoms with van der Waals surface area (Å²) in [7, 11) is 0. The van der Waals surface area contributed by atoms with Crippen molar-refractivity contribution < 1.29 is 19.4 Å². The van der Waals surface area contributed by atoms with Gasteiger partial charge in [-0.15, -0.1) is 0 Å². The molecule has 0 fully saturated rings. The van der Waals surface area contributed by atoms with Gasteiger partial charge in [0, 0.05) is 22.4 Å². The third-order valence-electron chi connectivity index (χ3n) is 4.85. The van der Waals surface area contributed by atoms with E-state index in [1.165, 1.54) is 16.7 Å². The van der Waals surface area contributed by atoms with Gasteiger partial charge in [0.1, 0.15) is 5.75 Å². The van der Waals surface area contributed by atoms with Gasteiger partial charge in [0.05, 0.1) is 11.2 Å². The van der Waals surface area contributed by atoms with Crippen LogP contribution < -0.4 is 4.74 Å². The highest BCUT2D eigenvalue weighted by atomic mass is 35.5. The Morgan fingerprint density at radius 2 is 1.86 bits per heavy atom. The summed E-state index contributed by atoms with van der Waals surface area (Å²) in [5.74, 6) is -0.109. The van der Waals surface area contributed by atoms with Gasteiger partial charge < -0.3 is 9.84 Å². The number of ether oxygens (including phenoxy) is 1. The van der Waals surface area contributed by atoms with Crippen LogP contribution in [0.1, 0.15) is 42.7 Å². The van der Waals surface area contributed by atoms with E-state index >= 15 is 0 Å². The molecule has 1 atom stereocenters. The Kier molecular flexibility index (Phi) is 5.75. The average Bonchev–Trinajstić information content (AvgIpc) is 2.93. The molecule has 0 spiro atoms. The van der Waals surface area contributed by atoms with Gasteiger partial charge in [-0.1, -0.05) is 31.9 Å². The lowest BCUT2D eigenvalue weighted by molar-refractivity contribution is -0.135. The van der Waals surface area contributed by atoms with Gasteiger partial charge in [-0.25, -0.2) is 0 Å². The predicted molar refractivity (Wildman–Crippen MR) is 109 cm³/mol. The van der Waals surface area contributed by atoms with Crippen molar-refractivity contribution >= 4 is 34.4 Å². The quantitative estimate of drug-likeness (QED) is 0.588. The lowest BCUT2D eigenvalue weighted by Crippen LogP contribution is -2.15. The van der Waals surface area contributed by atoms with E-state index in [9.17, 15) is 14.7 Å². The maximum atomic E-state index is 13.1. The first-order chi connectivity index (χ1) is 13.3. The van der Waals surface area contributed by atoms with Crippen LogP contribution in [0.3, 0.4) is 0 Å². The van der Waals surface area contributed by atoms with Crippen molar-refractivity contribution in [2.75, 3.05) is 0 Å². The third-order valence-corrected chi connectivity index (χ3v) is 5.10. The van der Waals surface area contributed by atoms with Gasteiger partial charge in [-0.3, -0.25) is 14.2 Å². The number of esters is 1. The van der Waals surface area contributed by atoms with Crippen molar-refractivity contribution in [3.63, 3.8) is 0 Å². The first-order valence-electron chi connectivity index (χ1n) is 9.16. The van der Waals surface area contributed by atoms with Crippen LogP contribution >= 0.6 is 11.6 Å². The second-order valence-corrected chi connectivity index (χ2v) is 7.39. The number of fused-ring (bicyclic) bond motifs is 1. The first-order valence-corrected chi connectivity index (χ1v) is 9.54. The number of aromatic nitrogens is 1. The summed E-state index contributed by atoms with van der Waals surface area (Å²) in [5.41, 5.74) is 1.51. The molecule has 3 aromatic rings. The van der Waals surface area contributed by atoms with Crippen LogP contribution in [0.25, 0.3) is 10.9 Å². The third kappa shape index (κ3) is 3.90. The Morgan fingerprint density at radius 1 is 1.18 bits per heavy atom. The summed E-state index contributed by atoms with van der Waals surface area (Å²) in [6, 6.07) is 11.2. The molecule has 0 saturated carbocycles. The van der Waals surface area contributed by atoms with E-state index in [0.29, 0.717) is 32.9 Å². The smallest absolute Gasteiger partial charge is 0.311 e. The highest BCUT2D eigenvalue weighted by Gasteiger charge is 2.23. The number of halogens is 1. The highest BCUT2D eigenvalue weighted by Crippen LogP contribution is 2.36. The topological polar surface area (TPSA) is 68.5 Å². The van der Waals surface area contributed by atoms with Crippen molar-refractivity contribution in [1.29, 1.82) is 0 Å². The number of phenolic OH excluding ortho intramolecular Hbond substituents is 1. The van der Waals surface area contributed by atoms with E-state index in [2.05, 4.69) is 0 Å². The molecule has 0 aliphatic carbocycles. The summed E-state index contributed by atoms with van der Waals surface area (Å²) in [5, 5.41) is 11.0. The van der Waals surface area contributed by atoms with E-state index in [-0.39, 0.29) is 30.0 Å². The molecule has 0 amide bonds. The van der Waals surface area contributed by atoms with E-state index in [4.69, 9.17) is 16.3 Å². The second-order valence-electron chi connectivity index (χ2n) is 6.96. The van der Waals surface area contributed by atoms with Gasteiger partial charge in [-0.2, -0.15) is 0 Å². The predicted octanol–water partition coefficient (Wildman–Crippen LogP) is 5.34. The van der Waals surface area contributed by atoms with Crippen LogP contribution in [0.2, 0.25) is 5.02 Å². The van der Waals surface area contributed by atoms with Gasteiger partial charge in [0.2, 0.25) is 0 Å². The van der Waals surface area contributed by atoms with Gasteiger partial charge >= 0.3 is 5.97 Å². The standard InChI is InChI=1S/C22H22ClNO4/c1-4-13(2)11-20(26)28-21-14(3)24(19-10-9-17(25)12-18(19)21)22(27)15-5-7-16(23)8-6-15/h5-10,12-13,25H,4,11H2,1-3H3. The Morgan fingerprint density at radius 3 is 2.50 bits per heavy atom. The van der Waals surface area contributed by atoms with Crippen molar-refractivity contribution in [3.05, 3.63) is 58.7 Å². The minimum atomic E-state index is -0.362. The molecule has 2 aromatic carbocycles. The number of aromatic hydroxyl groups is 1. The van der Waals surface area contributed by atoms with Gasteiger partial charge in [-0.05, 0) is 55.3 Å². The molecular weight excluding hydrogens is 378 g/mol. The minimum Gasteiger partial charge on any atom is -0.508 e. The molecule has 1 N–H and O–H groups in total. The maximum Gasteiger partial charge on any atom is 0.311 e. The number of carbonyl (C=O) groups excluding carboxylic acids is 2. The van der Waals surface area contributed by atoms with Crippen molar-refractivity contribution in [2.45, 2.75) is 33.6 Å². The fourth-order valence-electron chi connectivity index (χ4n) is 3.07. The molecule has 0 saturated heterocycles. The molecule has 28 heavy (non-hydrogen) atoms. The highest BCUT2D eigenvalue weighted by molar-refractivity contribution is 6.30. The monoisotopic (exact) mass is 399 g/mol. The molecular formula is C22H22ClNO4. The molecule has 0 bridgehead atoms. The molecule has 1 aromatic heterocycles. The molecule has 6 heteroatoms. The van der Waals surface area contributed by atoms with Crippen LogP contribution in [0.4, 0.5) is 0 Å². The zero-order valence-corrected chi connectivity index (χ0v) is 16.8. The summed E-state index contributed by atoms with van der Waals surface area (Å²) in [6.45, 7) is 5.71. The number of hydrogen-bond donors (Lipinski definition) is 1. The average molecular weight is 400 g/mol. The zero-order chi connectivity index (χ0) is 20.4. The van der Waals surface area contributed by atoms with Gasteiger partial charge in [0.25, 0.3) is 5.91 Å². The fourth-order valence-corrected chi connectivity index (χ4v) is 3.20. The van der Waals surface area contributed by atoms with Crippen molar-refractivity contribution in [3.8, 4) is 11.5 Å². The molecule has 1 heterocycles. The van der Waals surface area contributed by atoms with Gasteiger partial charge in [0.15, 0.2) is 5.75 Å². The number of nitrogens with zero attached hydrogens (tertiary/aromatic N) is 1. The first kappa shape index (κ1) is 20.0. The molecule has 5 nitrogen and oxygen atoms in total. The van der Waals surface area contributed by atoms with Crippen LogP contribution in [0.5, 0.6) is 11.5 Å². The lowest BCUT2D eigenvalue weighted by Gasteiger charge is -2.09. The van der Waals surface area contributed by atoms with Crippen LogP contribution in [0.15, 0.2) is 42.5 Å². The van der Waals surface area contributed by atoms with Crippen LogP contribution in [-0.2, 0) is 4.79 Å². The Balaban J connectivity index is 2.08. The number of carbonyl (C=O) groups is 2. The van der Waals surface area contributed by atoms with Crippen LogP contribution in [0, 0.1) is 12.8 Å². The SMILES string of the molecule is CCC(C)CC(=O)Oc1c(C)n(C(=O)c2ccc(Cl)cc2)c2ccc(O)cc12. The molecule has 146 valence electrons. The Labute approximate surface area is 168 Å². The number of benzene rings is 2. The van der Waals surface area contributed by atoms with E-state index in [1.807, 2.05) is 13.8 Å². The van der Waals surface area contributed by atoms with E-state index < -0.39 is 0 Å². The zero-order valence-electron chi connectivity index (χ0n) is 16.0. The summed E-state index contributed by atoms with van der Waals surface area (Å²) >= 11 is 5.92. The van der Waals surface area contributed by atoms with Crippen LogP contribution in [-0.4, -0.2) is 21.6 Å². The van der Waals surface area contributed by atoms with E-state index in [0.717, 1.165) is 6.42 Å². The van der Waals surface area contributed by atoms with Crippen molar-refractivity contribution in [2.24, 2.45) is 5.92 Å². The lowest BCUT2D eigenvalue weighted by atomic mass is 10.1. The van der Waals surface area contributed by atoms with Crippen molar-refractivity contribution in [1.82, 2.24) is 4.57 Å². The minimum absolute atomic E-state index is 0.0304.